The first-order chi connectivity index (χ1) is 17.3. The first-order valence-corrected chi connectivity index (χ1v) is 11.9. The van der Waals surface area contributed by atoms with Crippen LogP contribution in [0.1, 0.15) is 27.4 Å². The Morgan fingerprint density at radius 2 is 1.81 bits per heavy atom. The molecule has 3 heterocycles. The Balaban J connectivity index is 1.42. The fourth-order valence-electron chi connectivity index (χ4n) is 4.08. The molecular weight excluding hydrogens is 530 g/mol. The molecule has 2 N–H and O–H groups in total. The van der Waals surface area contributed by atoms with Crippen LogP contribution in [-0.4, -0.2) is 43.9 Å². The highest BCUT2D eigenvalue weighted by atomic mass is 79.9. The summed E-state index contributed by atoms with van der Waals surface area (Å²) in [4.78, 5) is 20.5. The van der Waals surface area contributed by atoms with Gasteiger partial charge in [-0.05, 0) is 59.1 Å². The Morgan fingerprint density at radius 1 is 1.08 bits per heavy atom. The molecule has 1 aliphatic rings. The van der Waals surface area contributed by atoms with Crippen molar-refractivity contribution in [3.8, 4) is 40.1 Å². The van der Waals surface area contributed by atoms with Gasteiger partial charge in [0.15, 0.2) is 11.5 Å². The van der Waals surface area contributed by atoms with E-state index in [4.69, 9.17) is 14.2 Å². The lowest BCUT2D eigenvalue weighted by Gasteiger charge is -2.19. The van der Waals surface area contributed by atoms with E-state index in [9.17, 15) is 15.0 Å². The minimum absolute atomic E-state index is 0.0217. The minimum atomic E-state index is -1.13. The lowest BCUT2D eigenvalue weighted by Crippen LogP contribution is -2.15. The molecule has 10 heteroatoms. The number of hydrogen-bond acceptors (Lipinski definition) is 7. The summed E-state index contributed by atoms with van der Waals surface area (Å²) in [6, 6.07) is 12.8. The van der Waals surface area contributed by atoms with Crippen molar-refractivity contribution in [3.05, 3.63) is 75.8 Å². The van der Waals surface area contributed by atoms with E-state index in [0.29, 0.717) is 36.1 Å². The number of aromatic nitrogens is 3. The van der Waals surface area contributed by atoms with Crippen molar-refractivity contribution < 1.29 is 29.2 Å². The Labute approximate surface area is 215 Å². The SMILES string of the molecule is Cc1nc(Oc2cccc(-c3ccc4c(c3)OCCO4)c2Br)nc(C)c1Cn1cc(O)cc1C(=O)O. The molecule has 2 aromatic heterocycles. The van der Waals surface area contributed by atoms with Gasteiger partial charge >= 0.3 is 12.0 Å². The predicted molar refractivity (Wildman–Crippen MR) is 134 cm³/mol. The van der Waals surface area contributed by atoms with Gasteiger partial charge in [-0.15, -0.1) is 0 Å². The summed E-state index contributed by atoms with van der Waals surface area (Å²) in [5.74, 6) is 0.709. The minimum Gasteiger partial charge on any atom is -0.506 e. The summed E-state index contributed by atoms with van der Waals surface area (Å²) in [6.07, 6.45) is 1.37. The number of carboxylic acids is 1. The molecule has 0 aliphatic carbocycles. The second-order valence-corrected chi connectivity index (χ2v) is 9.04. The van der Waals surface area contributed by atoms with Gasteiger partial charge in [-0.2, -0.15) is 9.97 Å². The Morgan fingerprint density at radius 3 is 2.53 bits per heavy atom. The summed E-state index contributed by atoms with van der Waals surface area (Å²) in [5, 5.41) is 19.1. The first kappa shape index (κ1) is 23.7. The lowest BCUT2D eigenvalue weighted by atomic mass is 10.0. The number of carbonyl (C=O) groups is 1. The van der Waals surface area contributed by atoms with Crippen LogP contribution in [0.2, 0.25) is 0 Å². The topological polar surface area (TPSA) is 116 Å². The van der Waals surface area contributed by atoms with E-state index >= 15 is 0 Å². The molecule has 0 spiro atoms. The molecule has 1 aliphatic heterocycles. The third kappa shape index (κ3) is 4.59. The van der Waals surface area contributed by atoms with Crippen molar-refractivity contribution in [3.63, 3.8) is 0 Å². The van der Waals surface area contributed by atoms with E-state index in [1.807, 2.05) is 36.4 Å². The van der Waals surface area contributed by atoms with Crippen molar-refractivity contribution in [1.29, 1.82) is 0 Å². The van der Waals surface area contributed by atoms with Gasteiger partial charge in [-0.3, -0.25) is 0 Å². The van der Waals surface area contributed by atoms with Crippen molar-refractivity contribution in [2.75, 3.05) is 13.2 Å². The van der Waals surface area contributed by atoms with Crippen molar-refractivity contribution in [2.45, 2.75) is 20.4 Å². The molecule has 0 radical (unpaired) electrons. The smallest absolute Gasteiger partial charge is 0.352 e. The van der Waals surface area contributed by atoms with Gasteiger partial charge in [0.2, 0.25) is 0 Å². The van der Waals surface area contributed by atoms with Crippen LogP contribution in [0, 0.1) is 13.8 Å². The molecule has 0 unspecified atom stereocenters. The van der Waals surface area contributed by atoms with Crippen LogP contribution in [0.4, 0.5) is 0 Å². The molecule has 184 valence electrons. The van der Waals surface area contributed by atoms with Crippen LogP contribution in [0.15, 0.2) is 53.1 Å². The summed E-state index contributed by atoms with van der Waals surface area (Å²) in [6.45, 7) is 4.85. The monoisotopic (exact) mass is 551 g/mol. The molecule has 2 aromatic carbocycles. The first-order valence-electron chi connectivity index (χ1n) is 11.1. The van der Waals surface area contributed by atoms with Gasteiger partial charge in [0.25, 0.3) is 0 Å². The number of carboxylic acid groups (broad SMARTS) is 1. The molecule has 9 nitrogen and oxygen atoms in total. The third-order valence-corrected chi connectivity index (χ3v) is 6.67. The number of rotatable bonds is 6. The van der Waals surface area contributed by atoms with Crippen molar-refractivity contribution in [1.82, 2.24) is 14.5 Å². The maximum atomic E-state index is 11.5. The van der Waals surface area contributed by atoms with Gasteiger partial charge in [0.05, 0.1) is 11.0 Å². The molecule has 0 bridgehead atoms. The fourth-order valence-corrected chi connectivity index (χ4v) is 4.65. The van der Waals surface area contributed by atoms with E-state index in [0.717, 1.165) is 26.9 Å². The normalized spacial score (nSPS) is 12.4. The highest BCUT2D eigenvalue weighted by Crippen LogP contribution is 2.41. The zero-order chi connectivity index (χ0) is 25.4. The molecule has 5 rings (SSSR count). The molecule has 0 saturated carbocycles. The van der Waals surface area contributed by atoms with Gasteiger partial charge in [0.1, 0.15) is 30.4 Å². The molecule has 0 amide bonds. The number of fused-ring (bicyclic) bond motifs is 1. The number of aryl methyl sites for hydroxylation is 2. The van der Waals surface area contributed by atoms with E-state index in [2.05, 4.69) is 25.9 Å². The van der Waals surface area contributed by atoms with Crippen molar-refractivity contribution >= 4 is 21.9 Å². The second kappa shape index (κ2) is 9.54. The van der Waals surface area contributed by atoms with Gasteiger partial charge in [-0.1, -0.05) is 18.2 Å². The number of halogens is 1. The zero-order valence-electron chi connectivity index (χ0n) is 19.5. The Hall–Kier alpha value is -4.05. The number of ether oxygens (including phenoxy) is 3. The van der Waals surface area contributed by atoms with Crippen LogP contribution < -0.4 is 14.2 Å². The molecule has 36 heavy (non-hydrogen) atoms. The number of benzene rings is 2. The van der Waals surface area contributed by atoms with Crippen LogP contribution in [0.25, 0.3) is 11.1 Å². The standard InChI is InChI=1S/C26H22BrN3O6/c1-14-19(13-30-12-17(31)11-20(30)25(32)33)15(2)29-26(28-14)36-22-5-3-4-18(24(22)27)16-6-7-21-23(10-16)35-9-8-34-21/h3-7,10-12,31H,8-9,13H2,1-2H3,(H,32,33). The predicted octanol–water partition coefficient (Wildman–Crippen LogP) is 5.34. The lowest BCUT2D eigenvalue weighted by molar-refractivity contribution is 0.0685. The number of hydrogen-bond donors (Lipinski definition) is 2. The summed E-state index contributed by atoms with van der Waals surface area (Å²) in [7, 11) is 0. The van der Waals surface area contributed by atoms with Crippen LogP contribution >= 0.6 is 15.9 Å². The molecule has 0 fully saturated rings. The van der Waals surface area contributed by atoms with Crippen LogP contribution in [0.3, 0.4) is 0 Å². The number of aromatic carboxylic acids is 1. The Bertz CT molecular complexity index is 1460. The second-order valence-electron chi connectivity index (χ2n) is 8.25. The Kier molecular flexibility index (Phi) is 6.27. The summed E-state index contributed by atoms with van der Waals surface area (Å²) < 4.78 is 19.6. The average Bonchev–Trinajstić information content (AvgIpc) is 3.23. The fraction of sp³-hybridized carbons (Fsp3) is 0.192. The van der Waals surface area contributed by atoms with Crippen molar-refractivity contribution in [2.24, 2.45) is 0 Å². The van der Waals surface area contributed by atoms with Gasteiger partial charge in [0, 0.05) is 29.2 Å². The van der Waals surface area contributed by atoms with Crippen LogP contribution in [-0.2, 0) is 6.54 Å². The number of aromatic hydroxyl groups is 1. The summed E-state index contributed by atoms with van der Waals surface area (Å²) >= 11 is 3.66. The van der Waals surface area contributed by atoms with Gasteiger partial charge < -0.3 is 29.0 Å². The van der Waals surface area contributed by atoms with Crippen LogP contribution in [0.5, 0.6) is 29.0 Å². The third-order valence-electron chi connectivity index (χ3n) is 5.85. The maximum Gasteiger partial charge on any atom is 0.352 e. The molecular formula is C26H22BrN3O6. The largest absolute Gasteiger partial charge is 0.506 e. The molecule has 0 saturated heterocycles. The summed E-state index contributed by atoms with van der Waals surface area (Å²) in [5.41, 5.74) is 3.84. The van der Waals surface area contributed by atoms with E-state index < -0.39 is 5.97 Å². The zero-order valence-corrected chi connectivity index (χ0v) is 21.1. The quantitative estimate of drug-likeness (QED) is 0.330. The van der Waals surface area contributed by atoms with E-state index in [1.54, 1.807) is 13.8 Å². The molecule has 0 atom stereocenters. The van der Waals surface area contributed by atoms with E-state index in [1.165, 1.54) is 16.8 Å². The molecule has 4 aromatic rings. The van der Waals surface area contributed by atoms with Gasteiger partial charge in [-0.25, -0.2) is 4.79 Å². The maximum absolute atomic E-state index is 11.5. The highest BCUT2D eigenvalue weighted by molar-refractivity contribution is 9.10. The highest BCUT2D eigenvalue weighted by Gasteiger charge is 2.18. The average molecular weight is 552 g/mol. The van der Waals surface area contributed by atoms with E-state index in [-0.39, 0.29) is 24.0 Å². The number of nitrogens with zero attached hydrogens (tertiary/aromatic N) is 3.